The summed E-state index contributed by atoms with van der Waals surface area (Å²) >= 11 is 0. The first-order valence-electron chi connectivity index (χ1n) is 8.11. The summed E-state index contributed by atoms with van der Waals surface area (Å²) in [4.78, 5) is 4.36. The Bertz CT molecular complexity index is 459. The molecule has 1 aromatic rings. The molecule has 1 fully saturated rings. The quantitative estimate of drug-likeness (QED) is 0.300. The van der Waals surface area contributed by atoms with E-state index >= 15 is 0 Å². The fourth-order valence-electron chi connectivity index (χ4n) is 2.63. The molecule has 0 amide bonds. The second kappa shape index (κ2) is 11.4. The van der Waals surface area contributed by atoms with Gasteiger partial charge in [-0.3, -0.25) is 4.99 Å². The van der Waals surface area contributed by atoms with Crippen LogP contribution in [0.3, 0.4) is 0 Å². The molecule has 0 aromatic heterocycles. The summed E-state index contributed by atoms with van der Waals surface area (Å²) in [6.07, 6.45) is 7.19. The minimum Gasteiger partial charge on any atom is -0.497 e. The maximum atomic E-state index is 5.91. The van der Waals surface area contributed by atoms with Gasteiger partial charge in [-0.25, -0.2) is 0 Å². The van der Waals surface area contributed by atoms with Gasteiger partial charge in [-0.05, 0) is 37.1 Å². The van der Waals surface area contributed by atoms with Gasteiger partial charge in [-0.1, -0.05) is 19.3 Å². The highest BCUT2D eigenvalue weighted by atomic mass is 127. The van der Waals surface area contributed by atoms with Crippen LogP contribution in [0, 0.1) is 0 Å². The number of guanidine groups is 1. The van der Waals surface area contributed by atoms with Crippen molar-refractivity contribution in [1.82, 2.24) is 5.32 Å². The molecule has 1 aliphatic rings. The maximum Gasteiger partial charge on any atom is 0.188 e. The Kier molecular flexibility index (Phi) is 9.82. The zero-order valence-corrected chi connectivity index (χ0v) is 16.1. The molecule has 0 saturated heterocycles. The highest BCUT2D eigenvalue weighted by Crippen LogP contribution is 2.17. The van der Waals surface area contributed by atoms with Gasteiger partial charge in [0.25, 0.3) is 0 Å². The first-order valence-corrected chi connectivity index (χ1v) is 8.11. The number of methoxy groups -OCH3 is 1. The van der Waals surface area contributed by atoms with Gasteiger partial charge in [-0.15, -0.1) is 24.0 Å². The zero-order valence-electron chi connectivity index (χ0n) is 13.8. The van der Waals surface area contributed by atoms with Crippen LogP contribution in [0.4, 0.5) is 0 Å². The lowest BCUT2D eigenvalue weighted by Gasteiger charge is -2.23. The second-order valence-corrected chi connectivity index (χ2v) is 5.62. The van der Waals surface area contributed by atoms with Crippen molar-refractivity contribution in [2.75, 3.05) is 20.3 Å². The lowest BCUT2D eigenvalue weighted by molar-refractivity contribution is 0.312. The van der Waals surface area contributed by atoms with Gasteiger partial charge in [0.05, 0.1) is 13.7 Å². The molecule has 23 heavy (non-hydrogen) atoms. The fourth-order valence-corrected chi connectivity index (χ4v) is 2.63. The highest BCUT2D eigenvalue weighted by molar-refractivity contribution is 14.0. The van der Waals surface area contributed by atoms with Crippen LogP contribution < -0.4 is 20.5 Å². The SMILES string of the molecule is COc1ccc(OCCCN=C(N)NC2CCCCC2)cc1.I. The van der Waals surface area contributed by atoms with E-state index in [9.17, 15) is 0 Å². The van der Waals surface area contributed by atoms with Crippen molar-refractivity contribution in [3.05, 3.63) is 24.3 Å². The third kappa shape index (κ3) is 7.76. The van der Waals surface area contributed by atoms with Crippen LogP contribution in [-0.2, 0) is 0 Å². The molecule has 1 aliphatic carbocycles. The van der Waals surface area contributed by atoms with Gasteiger partial charge in [0.15, 0.2) is 5.96 Å². The van der Waals surface area contributed by atoms with E-state index in [-0.39, 0.29) is 24.0 Å². The third-order valence-electron chi connectivity index (χ3n) is 3.87. The van der Waals surface area contributed by atoms with Crippen molar-refractivity contribution in [2.24, 2.45) is 10.7 Å². The molecule has 0 heterocycles. The van der Waals surface area contributed by atoms with E-state index in [2.05, 4.69) is 10.3 Å². The number of nitrogens with two attached hydrogens (primary N) is 1. The normalized spacial score (nSPS) is 15.6. The van der Waals surface area contributed by atoms with Gasteiger partial charge in [0, 0.05) is 19.0 Å². The minimum atomic E-state index is 0. The molecule has 3 N–H and O–H groups in total. The smallest absolute Gasteiger partial charge is 0.188 e. The van der Waals surface area contributed by atoms with Crippen molar-refractivity contribution in [2.45, 2.75) is 44.6 Å². The van der Waals surface area contributed by atoms with E-state index in [0.717, 1.165) is 17.9 Å². The molecule has 0 aliphatic heterocycles. The van der Waals surface area contributed by atoms with E-state index in [1.807, 2.05) is 24.3 Å². The molecular weight excluding hydrogens is 405 g/mol. The van der Waals surface area contributed by atoms with E-state index < -0.39 is 0 Å². The van der Waals surface area contributed by atoms with E-state index in [1.165, 1.54) is 32.1 Å². The standard InChI is InChI=1S/C17H27N3O2.HI/c1-21-15-8-10-16(11-9-15)22-13-5-12-19-17(18)20-14-6-3-2-4-7-14;/h8-11,14H,2-7,12-13H2,1H3,(H3,18,19,20);1H. The lowest BCUT2D eigenvalue weighted by Crippen LogP contribution is -2.41. The summed E-state index contributed by atoms with van der Waals surface area (Å²) in [6, 6.07) is 8.09. The van der Waals surface area contributed by atoms with Crippen LogP contribution in [0.15, 0.2) is 29.3 Å². The summed E-state index contributed by atoms with van der Waals surface area (Å²) in [5, 5.41) is 3.31. The fraction of sp³-hybridized carbons (Fsp3) is 0.588. The Morgan fingerprint density at radius 1 is 1.17 bits per heavy atom. The highest BCUT2D eigenvalue weighted by Gasteiger charge is 2.12. The number of hydrogen-bond acceptors (Lipinski definition) is 3. The van der Waals surface area contributed by atoms with E-state index in [0.29, 0.717) is 25.2 Å². The largest absolute Gasteiger partial charge is 0.497 e. The predicted octanol–water partition coefficient (Wildman–Crippen LogP) is 3.32. The van der Waals surface area contributed by atoms with Crippen LogP contribution in [0.5, 0.6) is 11.5 Å². The van der Waals surface area contributed by atoms with Crippen LogP contribution in [0.25, 0.3) is 0 Å². The monoisotopic (exact) mass is 433 g/mol. The van der Waals surface area contributed by atoms with Crippen LogP contribution in [-0.4, -0.2) is 32.3 Å². The number of aliphatic imine (C=N–C) groups is 1. The molecule has 0 radical (unpaired) electrons. The summed E-state index contributed by atoms with van der Waals surface area (Å²) in [5.41, 5.74) is 5.91. The van der Waals surface area contributed by atoms with Crippen molar-refractivity contribution >= 4 is 29.9 Å². The zero-order chi connectivity index (χ0) is 15.6. The molecule has 1 saturated carbocycles. The number of benzene rings is 1. The predicted molar refractivity (Wildman–Crippen MR) is 105 cm³/mol. The topological polar surface area (TPSA) is 68.9 Å². The Morgan fingerprint density at radius 3 is 2.48 bits per heavy atom. The first kappa shape index (κ1) is 19.9. The van der Waals surface area contributed by atoms with Crippen LogP contribution in [0.1, 0.15) is 38.5 Å². The molecule has 1 aromatic carbocycles. The van der Waals surface area contributed by atoms with Crippen molar-refractivity contribution < 1.29 is 9.47 Å². The maximum absolute atomic E-state index is 5.91. The summed E-state index contributed by atoms with van der Waals surface area (Å²) in [5.74, 6) is 2.24. The summed E-state index contributed by atoms with van der Waals surface area (Å²) in [6.45, 7) is 1.31. The molecule has 5 nitrogen and oxygen atoms in total. The summed E-state index contributed by atoms with van der Waals surface area (Å²) < 4.78 is 10.8. The third-order valence-corrected chi connectivity index (χ3v) is 3.87. The molecule has 6 heteroatoms. The van der Waals surface area contributed by atoms with E-state index in [1.54, 1.807) is 7.11 Å². The second-order valence-electron chi connectivity index (χ2n) is 5.62. The number of nitrogens with zero attached hydrogens (tertiary/aromatic N) is 1. The molecule has 2 rings (SSSR count). The molecule has 130 valence electrons. The molecule has 0 spiro atoms. The minimum absolute atomic E-state index is 0. The number of nitrogens with one attached hydrogen (secondary N) is 1. The van der Waals surface area contributed by atoms with Crippen molar-refractivity contribution in [1.29, 1.82) is 0 Å². The first-order chi connectivity index (χ1) is 10.8. The Morgan fingerprint density at radius 2 is 1.83 bits per heavy atom. The molecule has 0 atom stereocenters. The van der Waals surface area contributed by atoms with Gasteiger partial charge < -0.3 is 20.5 Å². The Hall–Kier alpha value is -1.18. The average molecular weight is 433 g/mol. The Balaban J connectivity index is 0.00000264. The van der Waals surface area contributed by atoms with Crippen LogP contribution in [0.2, 0.25) is 0 Å². The van der Waals surface area contributed by atoms with Crippen molar-refractivity contribution in [3.63, 3.8) is 0 Å². The van der Waals surface area contributed by atoms with Gasteiger partial charge in [0.2, 0.25) is 0 Å². The van der Waals surface area contributed by atoms with Crippen molar-refractivity contribution in [3.8, 4) is 11.5 Å². The van der Waals surface area contributed by atoms with Gasteiger partial charge in [-0.2, -0.15) is 0 Å². The molecule has 0 bridgehead atoms. The van der Waals surface area contributed by atoms with E-state index in [4.69, 9.17) is 15.2 Å². The number of hydrogen-bond donors (Lipinski definition) is 2. The van der Waals surface area contributed by atoms with Crippen LogP contribution >= 0.6 is 24.0 Å². The summed E-state index contributed by atoms with van der Waals surface area (Å²) in [7, 11) is 1.65. The van der Waals surface area contributed by atoms with Gasteiger partial charge in [0.1, 0.15) is 11.5 Å². The number of ether oxygens (including phenoxy) is 2. The van der Waals surface area contributed by atoms with Gasteiger partial charge >= 0.3 is 0 Å². The average Bonchev–Trinajstić information content (AvgIpc) is 2.56. The number of halogens is 1. The molecule has 0 unspecified atom stereocenters. The molecular formula is C17H28IN3O2. The lowest BCUT2D eigenvalue weighted by atomic mass is 9.96. The number of rotatable bonds is 7. The Labute approximate surface area is 156 Å².